The molecular weight excluding hydrogens is 450 g/mol. The van der Waals surface area contributed by atoms with Gasteiger partial charge in [0.2, 0.25) is 0 Å². The van der Waals surface area contributed by atoms with Gasteiger partial charge in [0.25, 0.3) is 5.91 Å². The molecule has 0 saturated heterocycles. The van der Waals surface area contributed by atoms with Crippen molar-refractivity contribution in [3.05, 3.63) is 71.8 Å². The average Bonchev–Trinajstić information content (AvgIpc) is 2.82. The van der Waals surface area contributed by atoms with Crippen molar-refractivity contribution in [2.24, 2.45) is 17.4 Å². The van der Waals surface area contributed by atoms with Gasteiger partial charge in [-0.25, -0.2) is 9.59 Å². The number of amides is 1. The zero-order chi connectivity index (χ0) is 26.0. The van der Waals surface area contributed by atoms with Gasteiger partial charge in [-0.3, -0.25) is 4.79 Å². The van der Waals surface area contributed by atoms with Crippen LogP contribution in [0.5, 0.6) is 0 Å². The maximum atomic E-state index is 13.0. The zero-order valence-electron chi connectivity index (χ0n) is 20.0. The summed E-state index contributed by atoms with van der Waals surface area (Å²) in [6, 6.07) is 15.0. The second kappa shape index (κ2) is 13.6. The summed E-state index contributed by atoms with van der Waals surface area (Å²) in [5, 5.41) is 22.4. The molecule has 0 spiro atoms. The summed E-state index contributed by atoms with van der Waals surface area (Å²) in [5.41, 5.74) is 13.9. The van der Waals surface area contributed by atoms with Crippen molar-refractivity contribution < 1.29 is 29.3 Å². The highest BCUT2D eigenvalue weighted by atomic mass is 16.6. The Bertz CT molecular complexity index is 954. The van der Waals surface area contributed by atoms with Crippen LogP contribution in [-0.2, 0) is 32.0 Å². The molecule has 9 heteroatoms. The molecule has 7 N–H and O–H groups in total. The van der Waals surface area contributed by atoms with Crippen molar-refractivity contribution in [3.8, 4) is 0 Å². The van der Waals surface area contributed by atoms with E-state index in [4.69, 9.17) is 16.2 Å². The van der Waals surface area contributed by atoms with Crippen LogP contribution in [0.1, 0.15) is 31.4 Å². The van der Waals surface area contributed by atoms with Crippen molar-refractivity contribution in [1.29, 1.82) is 0 Å². The van der Waals surface area contributed by atoms with E-state index in [1.807, 2.05) is 50.2 Å². The van der Waals surface area contributed by atoms with Gasteiger partial charge in [0, 0.05) is 6.04 Å². The first-order valence-corrected chi connectivity index (χ1v) is 11.6. The zero-order valence-corrected chi connectivity index (χ0v) is 20.0. The number of ether oxygens (including phenoxy) is 1. The molecule has 0 saturated carbocycles. The number of hydrogen-bond donors (Lipinski definition) is 5. The minimum Gasteiger partial charge on any atom is -0.480 e. The van der Waals surface area contributed by atoms with Crippen LogP contribution in [0.3, 0.4) is 0 Å². The maximum Gasteiger partial charge on any atom is 0.337 e. The molecule has 190 valence electrons. The minimum atomic E-state index is -1.71. The number of hydrogen-bond acceptors (Lipinski definition) is 7. The summed E-state index contributed by atoms with van der Waals surface area (Å²) in [4.78, 5) is 37.4. The Morgan fingerprint density at radius 3 is 1.83 bits per heavy atom. The molecule has 5 unspecified atom stereocenters. The normalized spacial score (nSPS) is 15.5. The number of carbonyl (C=O) groups is 3. The third-order valence-corrected chi connectivity index (χ3v) is 5.49. The van der Waals surface area contributed by atoms with E-state index in [1.165, 1.54) is 0 Å². The molecule has 2 aromatic carbocycles. The number of nitrogens with one attached hydrogen (secondary N) is 1. The number of aliphatic hydroxyl groups is 1. The van der Waals surface area contributed by atoms with Crippen LogP contribution < -0.4 is 16.8 Å². The molecular formula is C26H35N3O6. The van der Waals surface area contributed by atoms with Crippen LogP contribution in [0.2, 0.25) is 0 Å². The van der Waals surface area contributed by atoms with E-state index in [2.05, 4.69) is 5.32 Å². The first-order chi connectivity index (χ1) is 16.6. The molecule has 5 atom stereocenters. The third kappa shape index (κ3) is 9.12. The Labute approximate surface area is 205 Å². The summed E-state index contributed by atoms with van der Waals surface area (Å²) < 4.78 is 5.35. The summed E-state index contributed by atoms with van der Waals surface area (Å²) in [5.74, 6) is -3.17. The Morgan fingerprint density at radius 1 is 0.886 bits per heavy atom. The molecule has 0 aliphatic rings. The maximum absolute atomic E-state index is 13.0. The fourth-order valence-corrected chi connectivity index (χ4v) is 3.64. The number of carboxylic acid groups (broad SMARTS) is 1. The van der Waals surface area contributed by atoms with Crippen LogP contribution in [-0.4, -0.2) is 58.4 Å². The van der Waals surface area contributed by atoms with Crippen molar-refractivity contribution in [3.63, 3.8) is 0 Å². The summed E-state index contributed by atoms with van der Waals surface area (Å²) in [6.45, 7) is 3.65. The third-order valence-electron chi connectivity index (χ3n) is 5.49. The second-order valence-corrected chi connectivity index (χ2v) is 9.04. The number of carbonyl (C=O) groups excluding carboxylic acids is 2. The lowest BCUT2D eigenvalue weighted by Gasteiger charge is -2.27. The summed E-state index contributed by atoms with van der Waals surface area (Å²) >= 11 is 0. The number of carboxylic acids is 1. The van der Waals surface area contributed by atoms with E-state index >= 15 is 0 Å². The van der Waals surface area contributed by atoms with E-state index < -0.39 is 48.2 Å². The van der Waals surface area contributed by atoms with Crippen molar-refractivity contribution >= 4 is 17.8 Å². The number of aliphatic carboxylic acids is 1. The largest absolute Gasteiger partial charge is 0.480 e. The van der Waals surface area contributed by atoms with Gasteiger partial charge in [-0.1, -0.05) is 74.5 Å². The minimum absolute atomic E-state index is 0.00630. The number of aliphatic hydroxyl groups excluding tert-OH is 1. The highest BCUT2D eigenvalue weighted by Crippen LogP contribution is 2.13. The molecule has 35 heavy (non-hydrogen) atoms. The lowest BCUT2D eigenvalue weighted by Crippen LogP contribution is -2.55. The van der Waals surface area contributed by atoms with Crippen LogP contribution in [0.4, 0.5) is 0 Å². The molecule has 0 aliphatic heterocycles. The number of rotatable bonds is 13. The van der Waals surface area contributed by atoms with Gasteiger partial charge >= 0.3 is 11.9 Å². The van der Waals surface area contributed by atoms with Crippen LogP contribution >= 0.6 is 0 Å². The monoisotopic (exact) mass is 485 g/mol. The van der Waals surface area contributed by atoms with E-state index in [9.17, 15) is 24.6 Å². The van der Waals surface area contributed by atoms with E-state index in [1.54, 1.807) is 24.3 Å². The molecule has 0 radical (unpaired) electrons. The van der Waals surface area contributed by atoms with E-state index in [0.29, 0.717) is 0 Å². The smallest absolute Gasteiger partial charge is 0.337 e. The van der Waals surface area contributed by atoms with Gasteiger partial charge in [-0.05, 0) is 36.3 Å². The second-order valence-electron chi connectivity index (χ2n) is 9.04. The standard InChI is InChI=1S/C26H35N3O6/c1-16(2)13-21(25(32)33)29-24(31)23(20(28)15-18-11-7-4-8-12-18)35-26(34)22(30)19(27)14-17-9-5-3-6-10-17/h3-12,16,19-23,30H,13-15,27-28H2,1-2H3,(H,29,31)(H,32,33). The summed E-state index contributed by atoms with van der Waals surface area (Å²) in [7, 11) is 0. The van der Waals surface area contributed by atoms with Crippen molar-refractivity contribution in [2.45, 2.75) is 63.4 Å². The molecule has 0 bridgehead atoms. The van der Waals surface area contributed by atoms with Crippen molar-refractivity contribution in [1.82, 2.24) is 5.32 Å². The topological polar surface area (TPSA) is 165 Å². The Morgan fingerprint density at radius 2 is 1.37 bits per heavy atom. The van der Waals surface area contributed by atoms with Crippen LogP contribution in [0, 0.1) is 5.92 Å². The highest BCUT2D eigenvalue weighted by Gasteiger charge is 2.36. The Balaban J connectivity index is 2.17. The van der Waals surface area contributed by atoms with Crippen LogP contribution in [0.25, 0.3) is 0 Å². The van der Waals surface area contributed by atoms with Gasteiger partial charge in [0.15, 0.2) is 12.2 Å². The first-order valence-electron chi connectivity index (χ1n) is 11.6. The molecule has 0 fully saturated rings. The van der Waals surface area contributed by atoms with Crippen molar-refractivity contribution in [2.75, 3.05) is 0 Å². The average molecular weight is 486 g/mol. The molecule has 0 aromatic heterocycles. The van der Waals surface area contributed by atoms with E-state index in [0.717, 1.165) is 11.1 Å². The molecule has 2 aromatic rings. The molecule has 9 nitrogen and oxygen atoms in total. The quantitative estimate of drug-likeness (QED) is 0.262. The van der Waals surface area contributed by atoms with Gasteiger partial charge < -0.3 is 31.7 Å². The van der Waals surface area contributed by atoms with Gasteiger partial charge in [0.1, 0.15) is 6.04 Å². The lowest BCUT2D eigenvalue weighted by molar-refractivity contribution is -0.166. The first kappa shape index (κ1) is 28.0. The number of benzene rings is 2. The number of nitrogens with two attached hydrogens (primary N) is 2. The molecule has 1 amide bonds. The molecule has 2 rings (SSSR count). The Kier molecular flexibility index (Phi) is 10.8. The number of esters is 1. The summed E-state index contributed by atoms with van der Waals surface area (Å²) in [6.07, 6.45) is -2.67. The molecule has 0 heterocycles. The predicted molar refractivity (Wildman–Crippen MR) is 131 cm³/mol. The fraction of sp³-hybridized carbons (Fsp3) is 0.423. The van der Waals surface area contributed by atoms with Gasteiger partial charge in [-0.2, -0.15) is 0 Å². The van der Waals surface area contributed by atoms with Gasteiger partial charge in [-0.15, -0.1) is 0 Å². The Hall–Kier alpha value is -3.27. The SMILES string of the molecule is CC(C)CC(NC(=O)C(OC(=O)C(O)C(N)Cc1ccccc1)C(N)Cc1ccccc1)C(=O)O. The van der Waals surface area contributed by atoms with Crippen LogP contribution in [0.15, 0.2) is 60.7 Å². The van der Waals surface area contributed by atoms with Gasteiger partial charge in [0.05, 0.1) is 6.04 Å². The lowest BCUT2D eigenvalue weighted by atomic mass is 9.99. The molecule has 0 aliphatic carbocycles. The predicted octanol–water partition coefficient (Wildman–Crippen LogP) is 1.01. The van der Waals surface area contributed by atoms with E-state index in [-0.39, 0.29) is 25.2 Å². The fourth-order valence-electron chi connectivity index (χ4n) is 3.64. The highest BCUT2D eigenvalue weighted by molar-refractivity contribution is 5.89.